The lowest BCUT2D eigenvalue weighted by Gasteiger charge is -2.19. The fourth-order valence-corrected chi connectivity index (χ4v) is 2.58. The Bertz CT molecular complexity index is 637. The van der Waals surface area contributed by atoms with E-state index in [0.717, 1.165) is 23.3 Å². The van der Waals surface area contributed by atoms with Crippen molar-refractivity contribution in [3.05, 3.63) is 64.7 Å². The molecule has 3 nitrogen and oxygen atoms in total. The molecule has 2 rings (SSSR count). The summed E-state index contributed by atoms with van der Waals surface area (Å²) < 4.78 is 5.76. The summed E-state index contributed by atoms with van der Waals surface area (Å²) in [5.41, 5.74) is 4.82. The van der Waals surface area contributed by atoms with E-state index in [-0.39, 0.29) is 6.04 Å². The lowest BCUT2D eigenvalue weighted by molar-refractivity contribution is 0.104. The van der Waals surface area contributed by atoms with Crippen molar-refractivity contribution in [3.8, 4) is 5.75 Å². The van der Waals surface area contributed by atoms with Crippen LogP contribution >= 0.6 is 0 Å². The highest BCUT2D eigenvalue weighted by molar-refractivity contribution is 5.36. The Morgan fingerprint density at radius 2 is 1.79 bits per heavy atom. The van der Waals surface area contributed by atoms with E-state index >= 15 is 0 Å². The molecule has 0 saturated heterocycles. The first-order valence-electron chi connectivity index (χ1n) is 8.70. The first kappa shape index (κ1) is 18.5. The van der Waals surface area contributed by atoms with Crippen LogP contribution in [0.1, 0.15) is 42.1 Å². The zero-order chi connectivity index (χ0) is 17.5. The number of rotatable bonds is 8. The van der Waals surface area contributed by atoms with E-state index in [4.69, 9.17) is 4.74 Å². The number of ether oxygens (including phenoxy) is 1. The van der Waals surface area contributed by atoms with Crippen molar-refractivity contribution in [1.82, 2.24) is 5.32 Å². The Kier molecular flexibility index (Phi) is 6.83. The molecule has 0 amide bonds. The summed E-state index contributed by atoms with van der Waals surface area (Å²) >= 11 is 0. The Morgan fingerprint density at radius 3 is 2.46 bits per heavy atom. The number of benzene rings is 2. The Labute approximate surface area is 145 Å². The molecule has 0 aliphatic carbocycles. The number of aliphatic hydroxyl groups excluding tert-OH is 1. The molecule has 2 atom stereocenters. The molecule has 24 heavy (non-hydrogen) atoms. The highest BCUT2D eigenvalue weighted by atomic mass is 16.5. The quantitative estimate of drug-likeness (QED) is 0.771. The summed E-state index contributed by atoms with van der Waals surface area (Å²) in [4.78, 5) is 0. The van der Waals surface area contributed by atoms with E-state index < -0.39 is 6.10 Å². The van der Waals surface area contributed by atoms with Crippen molar-refractivity contribution in [1.29, 1.82) is 0 Å². The van der Waals surface area contributed by atoms with Gasteiger partial charge in [-0.25, -0.2) is 0 Å². The molecule has 0 saturated carbocycles. The lowest BCUT2D eigenvalue weighted by atomic mass is 10.0. The molecule has 0 spiro atoms. The molecule has 0 aromatic heterocycles. The largest absolute Gasteiger partial charge is 0.491 e. The van der Waals surface area contributed by atoms with E-state index in [1.54, 1.807) is 0 Å². The molecule has 2 N–H and O–H groups in total. The molecular weight excluding hydrogens is 298 g/mol. The first-order chi connectivity index (χ1) is 11.5. The van der Waals surface area contributed by atoms with Crippen LogP contribution in [0.15, 0.2) is 42.5 Å². The monoisotopic (exact) mass is 327 g/mol. The van der Waals surface area contributed by atoms with Crippen LogP contribution in [0.4, 0.5) is 0 Å². The Hall–Kier alpha value is -1.84. The molecule has 2 aromatic carbocycles. The number of aryl methyl sites for hydroxylation is 3. The molecule has 0 fully saturated rings. The molecule has 0 aliphatic rings. The van der Waals surface area contributed by atoms with Crippen LogP contribution in [0.25, 0.3) is 0 Å². The predicted molar refractivity (Wildman–Crippen MR) is 99.7 cm³/mol. The van der Waals surface area contributed by atoms with Gasteiger partial charge in [0.05, 0.1) is 0 Å². The van der Waals surface area contributed by atoms with Crippen molar-refractivity contribution in [3.63, 3.8) is 0 Å². The van der Waals surface area contributed by atoms with E-state index in [2.05, 4.69) is 49.5 Å². The van der Waals surface area contributed by atoms with Crippen LogP contribution in [-0.4, -0.2) is 24.4 Å². The van der Waals surface area contributed by atoms with Crippen molar-refractivity contribution < 1.29 is 9.84 Å². The zero-order valence-electron chi connectivity index (χ0n) is 15.2. The molecule has 0 bridgehead atoms. The van der Waals surface area contributed by atoms with Gasteiger partial charge >= 0.3 is 0 Å². The van der Waals surface area contributed by atoms with Gasteiger partial charge in [0, 0.05) is 12.6 Å². The normalized spacial score (nSPS) is 13.5. The van der Waals surface area contributed by atoms with Crippen molar-refractivity contribution in [2.24, 2.45) is 0 Å². The van der Waals surface area contributed by atoms with Gasteiger partial charge in [0.2, 0.25) is 0 Å². The summed E-state index contributed by atoms with van der Waals surface area (Å²) in [5.74, 6) is 0.845. The van der Waals surface area contributed by atoms with Crippen molar-refractivity contribution in [2.75, 3.05) is 13.2 Å². The predicted octanol–water partition coefficient (Wildman–Crippen LogP) is 3.96. The molecule has 0 heterocycles. The third-order valence-corrected chi connectivity index (χ3v) is 4.32. The molecule has 0 aliphatic heterocycles. The maximum absolute atomic E-state index is 10.2. The highest BCUT2D eigenvalue weighted by Gasteiger charge is 2.10. The fraction of sp³-hybridized carbons (Fsp3) is 0.429. The molecule has 3 heteroatoms. The fourth-order valence-electron chi connectivity index (χ4n) is 2.58. The number of nitrogens with one attached hydrogen (secondary N) is 1. The smallest absolute Gasteiger partial charge is 0.122 e. The molecule has 0 radical (unpaired) electrons. The SMILES string of the molecule is CCc1ccc(C(C)NCC(O)COc2cc(C)ccc2C)cc1. The van der Waals surface area contributed by atoms with E-state index in [0.29, 0.717) is 13.2 Å². The summed E-state index contributed by atoms with van der Waals surface area (Å²) in [5, 5.41) is 13.5. The van der Waals surface area contributed by atoms with Crippen molar-refractivity contribution in [2.45, 2.75) is 46.3 Å². The Balaban J connectivity index is 1.79. The molecule has 2 aromatic rings. The highest BCUT2D eigenvalue weighted by Crippen LogP contribution is 2.19. The minimum absolute atomic E-state index is 0.200. The van der Waals surface area contributed by atoms with E-state index in [9.17, 15) is 5.11 Å². The number of aliphatic hydroxyl groups is 1. The summed E-state index contributed by atoms with van der Waals surface area (Å²) in [6.07, 6.45) is 0.513. The van der Waals surface area contributed by atoms with Crippen LogP contribution < -0.4 is 10.1 Å². The summed E-state index contributed by atoms with van der Waals surface area (Å²) in [7, 11) is 0. The van der Waals surface area contributed by atoms with Crippen molar-refractivity contribution >= 4 is 0 Å². The van der Waals surface area contributed by atoms with Gasteiger partial charge < -0.3 is 15.2 Å². The third-order valence-electron chi connectivity index (χ3n) is 4.32. The zero-order valence-corrected chi connectivity index (χ0v) is 15.2. The minimum atomic E-state index is -0.540. The maximum atomic E-state index is 10.2. The average molecular weight is 327 g/mol. The van der Waals surface area contributed by atoms with Gasteiger partial charge in [0.25, 0.3) is 0 Å². The van der Waals surface area contributed by atoms with Crippen LogP contribution in [0.2, 0.25) is 0 Å². The second-order valence-electron chi connectivity index (χ2n) is 6.46. The van der Waals surface area contributed by atoms with Crippen LogP contribution in [0, 0.1) is 13.8 Å². The van der Waals surface area contributed by atoms with Gasteiger partial charge in [-0.3, -0.25) is 0 Å². The second kappa shape index (κ2) is 8.86. The van der Waals surface area contributed by atoms with Crippen LogP contribution in [-0.2, 0) is 6.42 Å². The second-order valence-corrected chi connectivity index (χ2v) is 6.46. The van der Waals surface area contributed by atoms with Crippen LogP contribution in [0.5, 0.6) is 5.75 Å². The topological polar surface area (TPSA) is 41.5 Å². The van der Waals surface area contributed by atoms with E-state index in [1.807, 2.05) is 26.0 Å². The third kappa shape index (κ3) is 5.36. The first-order valence-corrected chi connectivity index (χ1v) is 8.70. The molecule has 2 unspecified atom stereocenters. The number of hydrogen-bond donors (Lipinski definition) is 2. The maximum Gasteiger partial charge on any atom is 0.122 e. The van der Waals surface area contributed by atoms with Gasteiger partial charge in [0.15, 0.2) is 0 Å². The van der Waals surface area contributed by atoms with Crippen LogP contribution in [0.3, 0.4) is 0 Å². The Morgan fingerprint density at radius 1 is 1.08 bits per heavy atom. The lowest BCUT2D eigenvalue weighted by Crippen LogP contribution is -2.33. The average Bonchev–Trinajstić information content (AvgIpc) is 2.60. The van der Waals surface area contributed by atoms with E-state index in [1.165, 1.54) is 11.1 Å². The molecule has 130 valence electrons. The van der Waals surface area contributed by atoms with Gasteiger partial charge in [-0.2, -0.15) is 0 Å². The van der Waals surface area contributed by atoms with Gasteiger partial charge in [-0.15, -0.1) is 0 Å². The van der Waals surface area contributed by atoms with Gasteiger partial charge in [0.1, 0.15) is 18.5 Å². The standard InChI is InChI=1S/C21H29NO2/c1-5-18-8-10-19(11-9-18)17(4)22-13-20(23)14-24-21-12-15(2)6-7-16(21)3/h6-12,17,20,22-23H,5,13-14H2,1-4H3. The van der Waals surface area contributed by atoms with Gasteiger partial charge in [-0.05, 0) is 55.5 Å². The van der Waals surface area contributed by atoms with Gasteiger partial charge in [-0.1, -0.05) is 43.3 Å². The summed E-state index contributed by atoms with van der Waals surface area (Å²) in [6.45, 7) is 9.11. The molecular formula is C21H29NO2. The minimum Gasteiger partial charge on any atom is -0.491 e. The number of hydrogen-bond acceptors (Lipinski definition) is 3. The summed E-state index contributed by atoms with van der Waals surface area (Å²) in [6, 6.07) is 14.9.